The number of methoxy groups -OCH3 is 1. The number of carbonyl (C=O) groups excluding carboxylic acids is 1. The number of hydrogen-bond acceptors (Lipinski definition) is 3. The van der Waals surface area contributed by atoms with Gasteiger partial charge in [0.1, 0.15) is 11.6 Å². The lowest BCUT2D eigenvalue weighted by atomic mass is 10.1. The van der Waals surface area contributed by atoms with Crippen molar-refractivity contribution in [2.45, 2.75) is 6.92 Å². The summed E-state index contributed by atoms with van der Waals surface area (Å²) < 4.78 is 36.5. The van der Waals surface area contributed by atoms with Crippen molar-refractivity contribution in [1.82, 2.24) is 0 Å². The molecule has 0 amide bonds. The minimum atomic E-state index is -0.822. The number of carbonyl (C=O) groups is 1. The smallest absolute Gasteiger partial charge is 0.338 e. The van der Waals surface area contributed by atoms with Crippen LogP contribution < -0.4 is 4.74 Å². The van der Waals surface area contributed by atoms with Crippen LogP contribution in [0.4, 0.5) is 8.78 Å². The van der Waals surface area contributed by atoms with Gasteiger partial charge < -0.3 is 9.47 Å². The summed E-state index contributed by atoms with van der Waals surface area (Å²) >= 11 is 0. The van der Waals surface area contributed by atoms with Gasteiger partial charge in [-0.1, -0.05) is 18.2 Å². The first-order valence-electron chi connectivity index (χ1n) is 6.53. The van der Waals surface area contributed by atoms with Crippen molar-refractivity contribution in [1.29, 1.82) is 0 Å². The molecule has 0 radical (unpaired) electrons. The van der Waals surface area contributed by atoms with Crippen LogP contribution in [0.2, 0.25) is 0 Å². The minimum Gasteiger partial charge on any atom is -0.465 e. The van der Waals surface area contributed by atoms with Crippen LogP contribution >= 0.6 is 0 Å². The summed E-state index contributed by atoms with van der Waals surface area (Å²) in [5.74, 6) is -1.92. The highest BCUT2D eigenvalue weighted by Gasteiger charge is 2.13. The van der Waals surface area contributed by atoms with Crippen LogP contribution in [0.25, 0.3) is 6.08 Å². The Hall–Kier alpha value is -2.69. The molecule has 0 aromatic heterocycles. The Kier molecular flexibility index (Phi) is 4.88. The number of esters is 1. The maximum Gasteiger partial charge on any atom is 0.338 e. The SMILES string of the molecule is C/C=C/c1ccc(Oc2ccc(F)cc2F)cc1C(=O)OC. The largest absolute Gasteiger partial charge is 0.465 e. The van der Waals surface area contributed by atoms with E-state index in [0.717, 1.165) is 12.1 Å². The van der Waals surface area contributed by atoms with Crippen molar-refractivity contribution in [3.05, 3.63) is 65.2 Å². The van der Waals surface area contributed by atoms with E-state index in [1.54, 1.807) is 24.3 Å². The quantitative estimate of drug-likeness (QED) is 0.776. The van der Waals surface area contributed by atoms with Gasteiger partial charge in [0.15, 0.2) is 11.6 Å². The minimum absolute atomic E-state index is 0.129. The fourth-order valence-electron chi connectivity index (χ4n) is 1.90. The van der Waals surface area contributed by atoms with Gasteiger partial charge in [0.25, 0.3) is 0 Å². The van der Waals surface area contributed by atoms with E-state index in [1.807, 2.05) is 6.92 Å². The summed E-state index contributed by atoms with van der Waals surface area (Å²) in [4.78, 5) is 11.8. The summed E-state index contributed by atoms with van der Waals surface area (Å²) in [6, 6.07) is 7.69. The van der Waals surface area contributed by atoms with Gasteiger partial charge in [0.05, 0.1) is 12.7 Å². The van der Waals surface area contributed by atoms with Crippen LogP contribution in [0.3, 0.4) is 0 Å². The summed E-state index contributed by atoms with van der Waals surface area (Å²) in [6.07, 6.45) is 3.52. The maximum atomic E-state index is 13.6. The Balaban J connectivity index is 2.38. The summed E-state index contributed by atoms with van der Waals surface area (Å²) in [6.45, 7) is 1.82. The zero-order valence-electron chi connectivity index (χ0n) is 12.1. The lowest BCUT2D eigenvalue weighted by Crippen LogP contribution is -2.04. The van der Waals surface area contributed by atoms with Crippen molar-refractivity contribution < 1.29 is 23.0 Å². The van der Waals surface area contributed by atoms with E-state index < -0.39 is 17.6 Å². The fourth-order valence-corrected chi connectivity index (χ4v) is 1.90. The average molecular weight is 304 g/mol. The van der Waals surface area contributed by atoms with E-state index in [-0.39, 0.29) is 11.5 Å². The molecule has 0 heterocycles. The zero-order valence-corrected chi connectivity index (χ0v) is 12.1. The number of halogens is 2. The predicted octanol–water partition coefficient (Wildman–Crippen LogP) is 4.58. The number of ether oxygens (including phenoxy) is 2. The first-order chi connectivity index (χ1) is 10.5. The highest BCUT2D eigenvalue weighted by atomic mass is 19.1. The molecule has 0 unspecified atom stereocenters. The van der Waals surface area contributed by atoms with Crippen molar-refractivity contribution in [3.8, 4) is 11.5 Å². The van der Waals surface area contributed by atoms with Crippen LogP contribution in [-0.4, -0.2) is 13.1 Å². The van der Waals surface area contributed by atoms with Gasteiger partial charge in [-0.2, -0.15) is 0 Å². The number of hydrogen-bond donors (Lipinski definition) is 0. The molecule has 0 N–H and O–H groups in total. The predicted molar refractivity (Wildman–Crippen MR) is 78.9 cm³/mol. The molecule has 2 aromatic rings. The first kappa shape index (κ1) is 15.7. The highest BCUT2D eigenvalue weighted by Crippen LogP contribution is 2.27. The third kappa shape index (κ3) is 3.49. The second kappa shape index (κ2) is 6.85. The summed E-state index contributed by atoms with van der Waals surface area (Å²) in [5.41, 5.74) is 0.946. The molecule has 3 nitrogen and oxygen atoms in total. The molecule has 0 aliphatic carbocycles. The molecule has 0 aliphatic rings. The van der Waals surface area contributed by atoms with Gasteiger partial charge >= 0.3 is 5.97 Å². The van der Waals surface area contributed by atoms with Gasteiger partial charge in [-0.25, -0.2) is 13.6 Å². The van der Waals surface area contributed by atoms with Crippen molar-refractivity contribution >= 4 is 12.0 Å². The van der Waals surface area contributed by atoms with Gasteiger partial charge in [0.2, 0.25) is 0 Å². The number of benzene rings is 2. The van der Waals surface area contributed by atoms with E-state index in [0.29, 0.717) is 11.1 Å². The lowest BCUT2D eigenvalue weighted by molar-refractivity contribution is 0.0600. The molecule has 22 heavy (non-hydrogen) atoms. The van der Waals surface area contributed by atoms with E-state index in [2.05, 4.69) is 0 Å². The first-order valence-corrected chi connectivity index (χ1v) is 6.53. The molecule has 0 fully saturated rings. The Morgan fingerprint density at radius 2 is 1.91 bits per heavy atom. The molecule has 5 heteroatoms. The van der Waals surface area contributed by atoms with Crippen LogP contribution in [0.15, 0.2) is 42.5 Å². The van der Waals surface area contributed by atoms with Crippen LogP contribution in [0.5, 0.6) is 11.5 Å². The average Bonchev–Trinajstić information content (AvgIpc) is 2.51. The van der Waals surface area contributed by atoms with E-state index in [1.165, 1.54) is 19.2 Å². The molecule has 0 spiro atoms. The topological polar surface area (TPSA) is 35.5 Å². The van der Waals surface area contributed by atoms with Crippen LogP contribution in [0.1, 0.15) is 22.8 Å². The van der Waals surface area contributed by atoms with Crippen LogP contribution in [-0.2, 0) is 4.74 Å². The molecular weight excluding hydrogens is 290 g/mol. The van der Waals surface area contributed by atoms with Gasteiger partial charge in [-0.05, 0) is 36.8 Å². The Labute approximate surface area is 126 Å². The zero-order chi connectivity index (χ0) is 16.1. The Morgan fingerprint density at radius 3 is 2.55 bits per heavy atom. The van der Waals surface area contributed by atoms with Gasteiger partial charge in [0, 0.05) is 6.07 Å². The molecule has 114 valence electrons. The van der Waals surface area contributed by atoms with Crippen molar-refractivity contribution in [2.24, 2.45) is 0 Å². The summed E-state index contributed by atoms with van der Waals surface area (Å²) in [7, 11) is 1.27. The number of allylic oxidation sites excluding steroid dienone is 1. The van der Waals surface area contributed by atoms with Crippen LogP contribution in [0, 0.1) is 11.6 Å². The second-order valence-corrected chi connectivity index (χ2v) is 4.42. The fraction of sp³-hybridized carbons (Fsp3) is 0.118. The summed E-state index contributed by atoms with van der Waals surface area (Å²) in [5, 5.41) is 0. The molecule has 0 aliphatic heterocycles. The lowest BCUT2D eigenvalue weighted by Gasteiger charge is -2.10. The molecule has 2 rings (SSSR count). The Morgan fingerprint density at radius 1 is 1.14 bits per heavy atom. The standard InChI is InChI=1S/C17H14F2O3/c1-3-4-11-5-7-13(10-14(11)17(20)21-2)22-16-8-6-12(18)9-15(16)19/h3-10H,1-2H3/b4-3+. The van der Waals surface area contributed by atoms with E-state index >= 15 is 0 Å². The van der Waals surface area contributed by atoms with Gasteiger partial charge in [-0.15, -0.1) is 0 Å². The highest BCUT2D eigenvalue weighted by molar-refractivity contribution is 5.94. The molecule has 0 saturated heterocycles. The maximum absolute atomic E-state index is 13.6. The third-order valence-electron chi connectivity index (χ3n) is 2.90. The third-order valence-corrected chi connectivity index (χ3v) is 2.90. The molecule has 0 atom stereocenters. The molecular formula is C17H14F2O3. The Bertz CT molecular complexity index is 724. The van der Waals surface area contributed by atoms with Crippen molar-refractivity contribution in [3.63, 3.8) is 0 Å². The molecule has 2 aromatic carbocycles. The van der Waals surface area contributed by atoms with Crippen molar-refractivity contribution in [2.75, 3.05) is 7.11 Å². The number of rotatable bonds is 4. The molecule has 0 bridgehead atoms. The molecule has 0 saturated carbocycles. The second-order valence-electron chi connectivity index (χ2n) is 4.42. The van der Waals surface area contributed by atoms with E-state index in [9.17, 15) is 13.6 Å². The van der Waals surface area contributed by atoms with E-state index in [4.69, 9.17) is 9.47 Å². The normalized spacial score (nSPS) is 10.7. The van der Waals surface area contributed by atoms with Gasteiger partial charge in [-0.3, -0.25) is 0 Å². The monoisotopic (exact) mass is 304 g/mol.